The van der Waals surface area contributed by atoms with Gasteiger partial charge in [-0.1, -0.05) is 19.1 Å². The number of rotatable bonds is 6. The van der Waals surface area contributed by atoms with Crippen LogP contribution in [0.3, 0.4) is 0 Å². The molecule has 1 atom stereocenters. The third-order valence-electron chi connectivity index (χ3n) is 3.40. The highest BCUT2D eigenvalue weighted by Gasteiger charge is 2.19. The summed E-state index contributed by atoms with van der Waals surface area (Å²) in [5, 5.41) is 11.8. The van der Waals surface area contributed by atoms with E-state index in [-0.39, 0.29) is 30.3 Å². The number of Topliss-reactive ketones (excluding diaryl/α,β-unsaturated/α-hetero) is 1. The van der Waals surface area contributed by atoms with Crippen molar-refractivity contribution in [2.45, 2.75) is 20.0 Å². The fourth-order valence-electron chi connectivity index (χ4n) is 2.17. The SMILES string of the molecule is CC(CC(=O)Nc1cnccc1CO)C(=O)c1cccc(F)c1. The zero-order valence-electron chi connectivity index (χ0n) is 12.6. The van der Waals surface area contributed by atoms with E-state index in [1.165, 1.54) is 30.6 Å². The molecule has 0 aliphatic rings. The van der Waals surface area contributed by atoms with Crippen LogP contribution in [0.4, 0.5) is 10.1 Å². The van der Waals surface area contributed by atoms with Crippen LogP contribution in [-0.4, -0.2) is 21.8 Å². The van der Waals surface area contributed by atoms with Crippen molar-refractivity contribution in [3.05, 3.63) is 59.7 Å². The standard InChI is InChI=1S/C17H17FN2O3/c1-11(17(23)12-3-2-4-14(18)8-12)7-16(22)20-15-9-19-6-5-13(15)10-21/h2-6,8-9,11,21H,7,10H2,1H3,(H,20,22). The number of hydrogen-bond acceptors (Lipinski definition) is 4. The summed E-state index contributed by atoms with van der Waals surface area (Å²) in [7, 11) is 0. The van der Waals surface area contributed by atoms with E-state index in [0.717, 1.165) is 6.07 Å². The molecule has 1 heterocycles. The van der Waals surface area contributed by atoms with Crippen molar-refractivity contribution in [3.8, 4) is 0 Å². The first-order chi connectivity index (χ1) is 11.0. The molecule has 0 aliphatic heterocycles. The summed E-state index contributed by atoms with van der Waals surface area (Å²) in [5.41, 5.74) is 1.19. The largest absolute Gasteiger partial charge is 0.392 e. The van der Waals surface area contributed by atoms with Gasteiger partial charge in [0.15, 0.2) is 5.78 Å². The summed E-state index contributed by atoms with van der Waals surface area (Å²) in [6.45, 7) is 1.39. The zero-order valence-corrected chi connectivity index (χ0v) is 12.6. The minimum Gasteiger partial charge on any atom is -0.392 e. The second-order valence-corrected chi connectivity index (χ2v) is 5.22. The number of aliphatic hydroxyl groups is 1. The Hall–Kier alpha value is -2.60. The molecule has 0 fully saturated rings. The van der Waals surface area contributed by atoms with Gasteiger partial charge in [-0.15, -0.1) is 0 Å². The van der Waals surface area contributed by atoms with Crippen molar-refractivity contribution in [1.29, 1.82) is 0 Å². The molecule has 0 bridgehead atoms. The number of nitrogens with zero attached hydrogens (tertiary/aromatic N) is 1. The second kappa shape index (κ2) is 7.60. The van der Waals surface area contributed by atoms with Crippen LogP contribution < -0.4 is 5.32 Å². The number of ketones is 1. The summed E-state index contributed by atoms with van der Waals surface area (Å²) in [6.07, 6.45) is 2.90. The third-order valence-corrected chi connectivity index (χ3v) is 3.40. The highest BCUT2D eigenvalue weighted by molar-refractivity contribution is 6.01. The lowest BCUT2D eigenvalue weighted by Crippen LogP contribution is -2.21. The fourth-order valence-corrected chi connectivity index (χ4v) is 2.17. The first-order valence-corrected chi connectivity index (χ1v) is 7.14. The second-order valence-electron chi connectivity index (χ2n) is 5.22. The van der Waals surface area contributed by atoms with E-state index >= 15 is 0 Å². The molecule has 6 heteroatoms. The number of carbonyl (C=O) groups excluding carboxylic acids is 2. The number of halogens is 1. The van der Waals surface area contributed by atoms with E-state index < -0.39 is 11.7 Å². The van der Waals surface area contributed by atoms with Gasteiger partial charge in [0.1, 0.15) is 5.82 Å². The van der Waals surface area contributed by atoms with Gasteiger partial charge in [0.25, 0.3) is 0 Å². The maximum absolute atomic E-state index is 13.2. The predicted octanol–water partition coefficient (Wildman–Crippen LogP) is 2.56. The first kappa shape index (κ1) is 16.8. The molecule has 2 N–H and O–H groups in total. The normalized spacial score (nSPS) is 11.8. The van der Waals surface area contributed by atoms with Crippen LogP contribution in [0.15, 0.2) is 42.7 Å². The molecule has 1 aromatic carbocycles. The summed E-state index contributed by atoms with van der Waals surface area (Å²) in [6, 6.07) is 6.98. The highest BCUT2D eigenvalue weighted by atomic mass is 19.1. The molecule has 1 unspecified atom stereocenters. The molecule has 2 rings (SSSR count). The monoisotopic (exact) mass is 316 g/mol. The fraction of sp³-hybridized carbons (Fsp3) is 0.235. The lowest BCUT2D eigenvalue weighted by molar-refractivity contribution is -0.116. The zero-order chi connectivity index (χ0) is 16.8. The van der Waals surface area contributed by atoms with Crippen LogP contribution in [0.5, 0.6) is 0 Å². The first-order valence-electron chi connectivity index (χ1n) is 7.14. The molecule has 23 heavy (non-hydrogen) atoms. The summed E-state index contributed by atoms with van der Waals surface area (Å²) < 4.78 is 13.2. The van der Waals surface area contributed by atoms with E-state index in [9.17, 15) is 19.1 Å². The van der Waals surface area contributed by atoms with E-state index in [2.05, 4.69) is 10.3 Å². The van der Waals surface area contributed by atoms with Crippen molar-refractivity contribution in [1.82, 2.24) is 4.98 Å². The minimum absolute atomic E-state index is 0.0465. The average Bonchev–Trinajstić information content (AvgIpc) is 2.54. The van der Waals surface area contributed by atoms with Gasteiger partial charge in [-0.05, 0) is 18.2 Å². The van der Waals surface area contributed by atoms with Crippen LogP contribution in [0.25, 0.3) is 0 Å². The summed E-state index contributed by atoms with van der Waals surface area (Å²) in [5.74, 6) is -1.75. The van der Waals surface area contributed by atoms with Gasteiger partial charge >= 0.3 is 0 Å². The van der Waals surface area contributed by atoms with Gasteiger partial charge in [-0.25, -0.2) is 4.39 Å². The van der Waals surface area contributed by atoms with E-state index in [1.807, 2.05) is 0 Å². The number of aliphatic hydroxyl groups excluding tert-OH is 1. The molecular formula is C17H17FN2O3. The molecule has 5 nitrogen and oxygen atoms in total. The highest BCUT2D eigenvalue weighted by Crippen LogP contribution is 2.17. The number of pyridine rings is 1. The van der Waals surface area contributed by atoms with Crippen molar-refractivity contribution in [2.75, 3.05) is 5.32 Å². The molecule has 0 aliphatic carbocycles. The van der Waals surface area contributed by atoms with Crippen LogP contribution in [0.1, 0.15) is 29.3 Å². The quantitative estimate of drug-likeness (QED) is 0.803. The smallest absolute Gasteiger partial charge is 0.225 e. The lowest BCUT2D eigenvalue weighted by Gasteiger charge is -2.12. The van der Waals surface area contributed by atoms with Crippen LogP contribution >= 0.6 is 0 Å². The summed E-state index contributed by atoms with van der Waals surface area (Å²) >= 11 is 0. The maximum atomic E-state index is 13.2. The number of hydrogen-bond donors (Lipinski definition) is 2. The Bertz CT molecular complexity index is 718. The molecule has 120 valence electrons. The van der Waals surface area contributed by atoms with Crippen molar-refractivity contribution in [3.63, 3.8) is 0 Å². The Morgan fingerprint density at radius 2 is 2.13 bits per heavy atom. The van der Waals surface area contributed by atoms with Crippen molar-refractivity contribution < 1.29 is 19.1 Å². The third kappa shape index (κ3) is 4.43. The predicted molar refractivity (Wildman–Crippen MR) is 83.3 cm³/mol. The minimum atomic E-state index is -0.592. The average molecular weight is 316 g/mol. The molecule has 0 saturated carbocycles. The molecule has 1 aromatic heterocycles. The van der Waals surface area contributed by atoms with Crippen molar-refractivity contribution in [2.24, 2.45) is 5.92 Å². The maximum Gasteiger partial charge on any atom is 0.225 e. The summed E-state index contributed by atoms with van der Waals surface area (Å²) in [4.78, 5) is 28.1. The Morgan fingerprint density at radius 1 is 1.35 bits per heavy atom. The molecule has 2 aromatic rings. The van der Waals surface area contributed by atoms with E-state index in [0.29, 0.717) is 11.3 Å². The van der Waals surface area contributed by atoms with Gasteiger partial charge in [0.2, 0.25) is 5.91 Å². The Balaban J connectivity index is 2.01. The van der Waals surface area contributed by atoms with Gasteiger partial charge in [-0.3, -0.25) is 14.6 Å². The number of amides is 1. The van der Waals surface area contributed by atoms with Crippen LogP contribution in [0.2, 0.25) is 0 Å². The number of aromatic nitrogens is 1. The molecular weight excluding hydrogens is 299 g/mol. The van der Waals surface area contributed by atoms with E-state index in [4.69, 9.17) is 0 Å². The van der Waals surface area contributed by atoms with Gasteiger partial charge in [-0.2, -0.15) is 0 Å². The molecule has 1 amide bonds. The molecule has 0 saturated heterocycles. The Kier molecular flexibility index (Phi) is 5.54. The Morgan fingerprint density at radius 3 is 2.83 bits per heavy atom. The van der Waals surface area contributed by atoms with Crippen LogP contribution in [0, 0.1) is 11.7 Å². The number of benzene rings is 1. The number of anilines is 1. The lowest BCUT2D eigenvalue weighted by atomic mass is 9.96. The van der Waals surface area contributed by atoms with Crippen LogP contribution in [-0.2, 0) is 11.4 Å². The van der Waals surface area contributed by atoms with Gasteiger partial charge < -0.3 is 10.4 Å². The Labute approximate surface area is 133 Å². The van der Waals surface area contributed by atoms with Gasteiger partial charge in [0.05, 0.1) is 18.5 Å². The van der Waals surface area contributed by atoms with E-state index in [1.54, 1.807) is 13.0 Å². The van der Waals surface area contributed by atoms with Crippen molar-refractivity contribution >= 4 is 17.4 Å². The molecule has 0 radical (unpaired) electrons. The molecule has 0 spiro atoms. The number of carbonyl (C=O) groups is 2. The van der Waals surface area contributed by atoms with Gasteiger partial charge in [0, 0.05) is 29.7 Å². The topological polar surface area (TPSA) is 79.3 Å². The number of nitrogens with one attached hydrogen (secondary N) is 1.